The maximum atomic E-state index is 11.5. The van der Waals surface area contributed by atoms with Gasteiger partial charge in [-0.2, -0.15) is 0 Å². The van der Waals surface area contributed by atoms with Crippen molar-refractivity contribution in [3.8, 4) is 0 Å². The highest BCUT2D eigenvalue weighted by molar-refractivity contribution is 5.92. The molecule has 0 radical (unpaired) electrons. The SMILES string of the molecule is Cc1cc(Cn2ccnc2C(C)C)oc1C(=O)NN. The van der Waals surface area contributed by atoms with Crippen LogP contribution in [0.5, 0.6) is 0 Å². The van der Waals surface area contributed by atoms with Crippen molar-refractivity contribution < 1.29 is 9.21 Å². The Balaban J connectivity index is 2.24. The molecule has 0 atom stereocenters. The van der Waals surface area contributed by atoms with E-state index in [9.17, 15) is 4.79 Å². The van der Waals surface area contributed by atoms with Crippen LogP contribution in [-0.2, 0) is 6.54 Å². The molecule has 6 nitrogen and oxygen atoms in total. The second-order valence-corrected chi connectivity index (χ2v) is 4.77. The first-order valence-electron chi connectivity index (χ1n) is 6.14. The Hall–Kier alpha value is -2.08. The number of furan rings is 1. The van der Waals surface area contributed by atoms with Crippen LogP contribution in [0.4, 0.5) is 0 Å². The minimum atomic E-state index is -0.418. The number of nitrogen functional groups attached to an aromatic ring is 1. The van der Waals surface area contributed by atoms with Gasteiger partial charge in [-0.15, -0.1) is 0 Å². The predicted octanol–water partition coefficient (Wildman–Crippen LogP) is 1.56. The summed E-state index contributed by atoms with van der Waals surface area (Å²) in [5.74, 6) is 6.96. The Morgan fingerprint density at radius 1 is 1.58 bits per heavy atom. The zero-order valence-corrected chi connectivity index (χ0v) is 11.3. The van der Waals surface area contributed by atoms with Gasteiger partial charge in [-0.05, 0) is 13.0 Å². The number of hydrogen-bond acceptors (Lipinski definition) is 4. The number of rotatable bonds is 4. The highest BCUT2D eigenvalue weighted by atomic mass is 16.4. The molecule has 3 N–H and O–H groups in total. The lowest BCUT2D eigenvalue weighted by atomic mass is 10.2. The molecule has 6 heteroatoms. The van der Waals surface area contributed by atoms with E-state index in [1.54, 1.807) is 6.20 Å². The highest BCUT2D eigenvalue weighted by Crippen LogP contribution is 2.18. The highest BCUT2D eigenvalue weighted by Gasteiger charge is 2.16. The minimum absolute atomic E-state index is 0.253. The molecule has 2 heterocycles. The van der Waals surface area contributed by atoms with Gasteiger partial charge in [-0.1, -0.05) is 13.8 Å². The molecule has 0 fully saturated rings. The molecule has 2 aromatic rings. The van der Waals surface area contributed by atoms with Crippen molar-refractivity contribution in [1.82, 2.24) is 15.0 Å². The van der Waals surface area contributed by atoms with Crippen LogP contribution < -0.4 is 11.3 Å². The number of carbonyl (C=O) groups is 1. The lowest BCUT2D eigenvalue weighted by Crippen LogP contribution is -2.30. The summed E-state index contributed by atoms with van der Waals surface area (Å²) in [5.41, 5.74) is 2.84. The first-order valence-corrected chi connectivity index (χ1v) is 6.14. The zero-order chi connectivity index (χ0) is 14.0. The number of nitrogens with zero attached hydrogens (tertiary/aromatic N) is 2. The van der Waals surface area contributed by atoms with E-state index < -0.39 is 5.91 Å². The van der Waals surface area contributed by atoms with Gasteiger partial charge in [0.15, 0.2) is 5.76 Å². The van der Waals surface area contributed by atoms with Gasteiger partial charge in [-0.3, -0.25) is 10.2 Å². The van der Waals surface area contributed by atoms with E-state index in [1.165, 1.54) is 0 Å². The lowest BCUT2D eigenvalue weighted by molar-refractivity contribution is 0.0923. The fourth-order valence-corrected chi connectivity index (χ4v) is 2.04. The molecule has 19 heavy (non-hydrogen) atoms. The molecule has 0 bridgehead atoms. The molecule has 0 aliphatic rings. The van der Waals surface area contributed by atoms with Crippen molar-refractivity contribution in [3.05, 3.63) is 41.4 Å². The minimum Gasteiger partial charge on any atom is -0.454 e. The van der Waals surface area contributed by atoms with Gasteiger partial charge in [0.25, 0.3) is 0 Å². The Morgan fingerprint density at radius 3 is 2.95 bits per heavy atom. The fraction of sp³-hybridized carbons (Fsp3) is 0.385. The first kappa shape index (κ1) is 13.4. The molecule has 2 aromatic heterocycles. The molecule has 0 aliphatic carbocycles. The summed E-state index contributed by atoms with van der Waals surface area (Å²) in [6.45, 7) is 6.53. The molecule has 0 aromatic carbocycles. The van der Waals surface area contributed by atoms with Crippen molar-refractivity contribution in [2.45, 2.75) is 33.2 Å². The standard InChI is InChI=1S/C13H18N4O2/c1-8(2)12-15-4-5-17(12)7-10-6-9(3)11(19-10)13(18)16-14/h4-6,8H,7,14H2,1-3H3,(H,16,18). The van der Waals surface area contributed by atoms with Crippen molar-refractivity contribution >= 4 is 5.91 Å². The Labute approximate surface area is 111 Å². The van der Waals surface area contributed by atoms with Gasteiger partial charge in [0.05, 0.1) is 6.54 Å². The van der Waals surface area contributed by atoms with Gasteiger partial charge in [-0.25, -0.2) is 10.8 Å². The largest absolute Gasteiger partial charge is 0.454 e. The van der Waals surface area contributed by atoms with Gasteiger partial charge in [0.2, 0.25) is 0 Å². The average Bonchev–Trinajstić information content (AvgIpc) is 2.95. The third-order valence-corrected chi connectivity index (χ3v) is 2.90. The van der Waals surface area contributed by atoms with Crippen LogP contribution in [0.1, 0.15) is 47.5 Å². The molecule has 0 saturated carbocycles. The van der Waals surface area contributed by atoms with E-state index >= 15 is 0 Å². The number of aryl methyl sites for hydroxylation is 1. The van der Waals surface area contributed by atoms with Crippen molar-refractivity contribution in [3.63, 3.8) is 0 Å². The number of nitrogens with one attached hydrogen (secondary N) is 1. The molecule has 0 unspecified atom stereocenters. The molecule has 1 amide bonds. The Morgan fingerprint density at radius 2 is 2.32 bits per heavy atom. The summed E-state index contributed by atoms with van der Waals surface area (Å²) in [6, 6.07) is 1.84. The summed E-state index contributed by atoms with van der Waals surface area (Å²) in [4.78, 5) is 15.8. The summed E-state index contributed by atoms with van der Waals surface area (Å²) in [7, 11) is 0. The molecular formula is C13H18N4O2. The smallest absolute Gasteiger partial charge is 0.301 e. The van der Waals surface area contributed by atoms with Gasteiger partial charge >= 0.3 is 5.91 Å². The van der Waals surface area contributed by atoms with Crippen LogP contribution in [0.2, 0.25) is 0 Å². The Kier molecular flexibility index (Phi) is 3.71. The van der Waals surface area contributed by atoms with Crippen molar-refractivity contribution in [2.75, 3.05) is 0 Å². The third-order valence-electron chi connectivity index (χ3n) is 2.90. The summed E-state index contributed by atoms with van der Waals surface area (Å²) in [6.07, 6.45) is 3.66. The van der Waals surface area contributed by atoms with Gasteiger partial charge in [0.1, 0.15) is 11.6 Å². The zero-order valence-electron chi connectivity index (χ0n) is 11.3. The Bertz CT molecular complexity index is 583. The van der Waals surface area contributed by atoms with Crippen LogP contribution in [0.25, 0.3) is 0 Å². The normalized spacial score (nSPS) is 11.0. The molecule has 2 rings (SSSR count). The third kappa shape index (κ3) is 2.68. The monoisotopic (exact) mass is 262 g/mol. The van der Waals surface area contributed by atoms with E-state index in [0.717, 1.165) is 11.4 Å². The molecule has 0 aliphatic heterocycles. The molecule has 0 saturated heterocycles. The van der Waals surface area contributed by atoms with Crippen LogP contribution >= 0.6 is 0 Å². The number of aromatic nitrogens is 2. The van der Waals surface area contributed by atoms with Crippen LogP contribution in [-0.4, -0.2) is 15.5 Å². The summed E-state index contributed by atoms with van der Waals surface area (Å²) >= 11 is 0. The number of imidazole rings is 1. The van der Waals surface area contributed by atoms with Crippen LogP contribution in [0, 0.1) is 6.92 Å². The topological polar surface area (TPSA) is 86.1 Å². The second-order valence-electron chi connectivity index (χ2n) is 4.77. The van der Waals surface area contributed by atoms with E-state index in [-0.39, 0.29) is 5.76 Å². The van der Waals surface area contributed by atoms with Gasteiger partial charge < -0.3 is 8.98 Å². The molecule has 0 spiro atoms. The van der Waals surface area contributed by atoms with Crippen molar-refractivity contribution in [1.29, 1.82) is 0 Å². The quantitative estimate of drug-likeness (QED) is 0.497. The summed E-state index contributed by atoms with van der Waals surface area (Å²) in [5, 5.41) is 0. The van der Waals surface area contributed by atoms with Gasteiger partial charge in [0, 0.05) is 23.9 Å². The maximum absolute atomic E-state index is 11.5. The fourth-order valence-electron chi connectivity index (χ4n) is 2.04. The number of amides is 1. The van der Waals surface area contributed by atoms with E-state index in [2.05, 4.69) is 24.3 Å². The lowest BCUT2D eigenvalue weighted by Gasteiger charge is -2.08. The molecule has 102 valence electrons. The predicted molar refractivity (Wildman–Crippen MR) is 70.5 cm³/mol. The maximum Gasteiger partial charge on any atom is 0.301 e. The average molecular weight is 262 g/mol. The van der Waals surface area contributed by atoms with E-state index in [1.807, 2.05) is 23.8 Å². The number of hydrogen-bond donors (Lipinski definition) is 2. The van der Waals surface area contributed by atoms with E-state index in [0.29, 0.717) is 18.2 Å². The number of hydrazine groups is 1. The van der Waals surface area contributed by atoms with Crippen LogP contribution in [0.15, 0.2) is 22.9 Å². The molecular weight excluding hydrogens is 244 g/mol. The van der Waals surface area contributed by atoms with Crippen molar-refractivity contribution in [2.24, 2.45) is 5.84 Å². The first-order chi connectivity index (χ1) is 9.02. The number of carbonyl (C=O) groups excluding carboxylic acids is 1. The van der Waals surface area contributed by atoms with E-state index in [4.69, 9.17) is 10.3 Å². The summed E-state index contributed by atoms with van der Waals surface area (Å²) < 4.78 is 7.54. The second kappa shape index (κ2) is 5.27. The number of nitrogens with two attached hydrogens (primary N) is 1. The van der Waals surface area contributed by atoms with Crippen LogP contribution in [0.3, 0.4) is 0 Å².